The van der Waals surface area contributed by atoms with Gasteiger partial charge in [0.25, 0.3) is 23.6 Å². The topological polar surface area (TPSA) is 264 Å². The van der Waals surface area contributed by atoms with E-state index in [9.17, 15) is 49.8 Å². The van der Waals surface area contributed by atoms with Crippen LogP contribution in [0.15, 0.2) is 73.3 Å². The molecule has 5 rings (SSSR count). The van der Waals surface area contributed by atoms with Crippen molar-refractivity contribution in [3.05, 3.63) is 95.6 Å². The summed E-state index contributed by atoms with van der Waals surface area (Å²) in [5, 5.41) is 73.2. The zero-order chi connectivity index (χ0) is 34.5. The Morgan fingerprint density at radius 2 is 0.750 bits per heavy atom. The number of nitrogens with zero attached hydrogens (tertiary/aromatic N) is 2. The molecule has 10 N–H and O–H groups in total. The van der Waals surface area contributed by atoms with Crippen molar-refractivity contribution in [2.24, 2.45) is 0 Å². The van der Waals surface area contributed by atoms with Crippen molar-refractivity contribution in [3.8, 4) is 0 Å². The summed E-state index contributed by atoms with van der Waals surface area (Å²) in [4.78, 5) is 59.0. The first kappa shape index (κ1) is 34.5. The van der Waals surface area contributed by atoms with Gasteiger partial charge in [0.05, 0.1) is 35.3 Å². The Balaban J connectivity index is 1.19. The molecule has 2 aliphatic carbocycles. The number of nitrogens with one attached hydrogen (secondary N) is 4. The van der Waals surface area contributed by atoms with Crippen molar-refractivity contribution in [1.82, 2.24) is 31.2 Å². The number of rotatable bonds is 8. The van der Waals surface area contributed by atoms with E-state index in [4.69, 9.17) is 0 Å². The molecule has 2 aromatic heterocycles. The number of aliphatic hydroxyl groups excluding tert-OH is 6. The molecule has 1 aromatic carbocycles. The van der Waals surface area contributed by atoms with Crippen molar-refractivity contribution in [1.29, 1.82) is 0 Å². The second-order valence-corrected chi connectivity index (χ2v) is 11.8. The third kappa shape index (κ3) is 7.65. The fourth-order valence-electron chi connectivity index (χ4n) is 5.81. The number of aromatic nitrogens is 2. The lowest BCUT2D eigenvalue weighted by Gasteiger charge is -2.41. The molecule has 16 heteroatoms. The summed E-state index contributed by atoms with van der Waals surface area (Å²) < 4.78 is 0. The third-order valence-electron chi connectivity index (χ3n) is 8.59. The summed E-state index contributed by atoms with van der Waals surface area (Å²) in [6, 6.07) is 7.34. The maximum absolute atomic E-state index is 13.0. The predicted molar refractivity (Wildman–Crippen MR) is 165 cm³/mol. The van der Waals surface area contributed by atoms with Crippen LogP contribution < -0.4 is 21.3 Å². The van der Waals surface area contributed by atoms with Gasteiger partial charge < -0.3 is 51.9 Å². The van der Waals surface area contributed by atoms with Crippen molar-refractivity contribution >= 4 is 23.6 Å². The molecular formula is C32H36N6O10. The van der Waals surface area contributed by atoms with Crippen LogP contribution >= 0.6 is 0 Å². The normalized spacial score (nSPS) is 30.0. The van der Waals surface area contributed by atoms with Crippen LogP contribution in [0.4, 0.5) is 0 Å². The molecule has 0 unspecified atom stereocenters. The second-order valence-electron chi connectivity index (χ2n) is 11.8. The highest BCUT2D eigenvalue weighted by atomic mass is 16.4. The van der Waals surface area contributed by atoms with Gasteiger partial charge in [-0.2, -0.15) is 0 Å². The highest BCUT2D eigenvalue weighted by Crippen LogP contribution is 2.24. The Hall–Kier alpha value is -4.84. The van der Waals surface area contributed by atoms with Crippen LogP contribution in [0, 0.1) is 0 Å². The molecule has 2 aliphatic rings. The molecule has 48 heavy (non-hydrogen) atoms. The summed E-state index contributed by atoms with van der Waals surface area (Å²) in [7, 11) is 0. The van der Waals surface area contributed by atoms with E-state index in [0.29, 0.717) is 0 Å². The van der Waals surface area contributed by atoms with E-state index in [0.717, 1.165) is 0 Å². The molecule has 0 saturated heterocycles. The van der Waals surface area contributed by atoms with Gasteiger partial charge in [-0.3, -0.25) is 29.1 Å². The summed E-state index contributed by atoms with van der Waals surface area (Å²) in [5.41, 5.74) is 0.609. The van der Waals surface area contributed by atoms with E-state index in [1.807, 2.05) is 0 Å². The van der Waals surface area contributed by atoms with E-state index in [2.05, 4.69) is 31.2 Å². The van der Waals surface area contributed by atoms with Gasteiger partial charge in [0.15, 0.2) is 0 Å². The number of carbonyl (C=O) groups excluding carboxylic acids is 4. The lowest BCUT2D eigenvalue weighted by atomic mass is 9.83. The maximum Gasteiger partial charge on any atom is 0.253 e. The molecule has 3 aromatic rings. The van der Waals surface area contributed by atoms with Crippen LogP contribution in [0.3, 0.4) is 0 Å². The average molecular weight is 665 g/mol. The van der Waals surface area contributed by atoms with Crippen molar-refractivity contribution in [2.45, 2.75) is 73.6 Å². The Labute approximate surface area is 273 Å². The minimum Gasteiger partial charge on any atom is -0.388 e. The first-order chi connectivity index (χ1) is 22.9. The van der Waals surface area contributed by atoms with Gasteiger partial charge in [-0.05, 0) is 61.4 Å². The molecule has 10 atom stereocenters. The number of benzene rings is 1. The summed E-state index contributed by atoms with van der Waals surface area (Å²) in [6.07, 6.45) is -4.05. The number of pyridine rings is 2. The van der Waals surface area contributed by atoms with E-state index >= 15 is 0 Å². The van der Waals surface area contributed by atoms with Gasteiger partial charge in [-0.1, -0.05) is 0 Å². The zero-order valence-electron chi connectivity index (χ0n) is 25.3. The monoisotopic (exact) mass is 664 g/mol. The SMILES string of the molecule is O=C(N[C@H]1C[C@@H](NC(=O)c2ccc(C(=O)N[C@H]3C[C@@H](NC(=O)c4cccnc4)[C@H](O)[C@@H](O)[C@@H]3O)cc2)[C@H](O)[C@@H](O)[C@@H]1O)c1cccnc1. The number of hydrogen-bond acceptors (Lipinski definition) is 12. The van der Waals surface area contributed by atoms with Crippen LogP contribution in [0.25, 0.3) is 0 Å². The second kappa shape index (κ2) is 14.9. The first-order valence-electron chi connectivity index (χ1n) is 15.2. The summed E-state index contributed by atoms with van der Waals surface area (Å²) in [6.45, 7) is 0. The van der Waals surface area contributed by atoms with Crippen LogP contribution in [0.5, 0.6) is 0 Å². The smallest absolute Gasteiger partial charge is 0.253 e. The van der Waals surface area contributed by atoms with E-state index < -0.39 is 84.4 Å². The van der Waals surface area contributed by atoms with Crippen LogP contribution in [-0.4, -0.2) is 125 Å². The molecule has 254 valence electrons. The molecule has 2 saturated carbocycles. The zero-order valence-corrected chi connectivity index (χ0v) is 25.3. The number of aliphatic hydroxyl groups is 6. The molecule has 0 spiro atoms. The molecule has 0 radical (unpaired) electrons. The van der Waals surface area contributed by atoms with Crippen molar-refractivity contribution in [2.75, 3.05) is 0 Å². The first-order valence-corrected chi connectivity index (χ1v) is 15.2. The van der Waals surface area contributed by atoms with E-state index in [1.165, 1.54) is 61.2 Å². The minimum atomic E-state index is -1.67. The Morgan fingerprint density at radius 3 is 1.02 bits per heavy atom. The van der Waals surface area contributed by atoms with Crippen molar-refractivity contribution in [3.63, 3.8) is 0 Å². The fourth-order valence-corrected chi connectivity index (χ4v) is 5.81. The average Bonchev–Trinajstić information content (AvgIpc) is 3.11. The largest absolute Gasteiger partial charge is 0.388 e. The minimum absolute atomic E-state index is 0.0877. The number of carbonyl (C=O) groups is 4. The van der Waals surface area contributed by atoms with E-state index in [-0.39, 0.29) is 35.1 Å². The summed E-state index contributed by atoms with van der Waals surface area (Å²) in [5.74, 6) is -2.46. The molecule has 16 nitrogen and oxygen atoms in total. The quantitative estimate of drug-likeness (QED) is 0.117. The maximum atomic E-state index is 13.0. The number of hydrogen-bond donors (Lipinski definition) is 10. The third-order valence-corrected chi connectivity index (χ3v) is 8.59. The van der Waals surface area contributed by atoms with E-state index in [1.54, 1.807) is 12.1 Å². The molecule has 2 fully saturated rings. The molecule has 2 heterocycles. The standard InChI is InChI=1S/C32H36N6O10/c39-23-19(11-21(25(41)27(23)43)37-31(47)17-3-1-9-33-13-17)35-29(45)15-5-7-16(8-6-15)30(46)36-20-12-22(26(42)28(44)24(20)40)38-32(48)18-4-2-10-34-14-18/h1-10,13-14,19-28,39-44H,11-12H2,(H,35,45)(H,36,46)(H,37,47)(H,38,48)/t19-,20+,21+,22-,23+,24-,25-,26+,27-,28+. The van der Waals surface area contributed by atoms with Gasteiger partial charge in [0.1, 0.15) is 36.6 Å². The highest BCUT2D eigenvalue weighted by Gasteiger charge is 2.45. The summed E-state index contributed by atoms with van der Waals surface area (Å²) >= 11 is 0. The Morgan fingerprint density at radius 1 is 0.458 bits per heavy atom. The highest BCUT2D eigenvalue weighted by molar-refractivity contribution is 5.98. The molecule has 0 aliphatic heterocycles. The number of amides is 4. The van der Waals surface area contributed by atoms with Gasteiger partial charge in [-0.15, -0.1) is 0 Å². The predicted octanol–water partition coefficient (Wildman–Crippen LogP) is -2.76. The fraction of sp³-hybridized carbons (Fsp3) is 0.375. The van der Waals surface area contributed by atoms with Crippen LogP contribution in [0.2, 0.25) is 0 Å². The molecular weight excluding hydrogens is 628 g/mol. The lowest BCUT2D eigenvalue weighted by Crippen LogP contribution is -2.64. The van der Waals surface area contributed by atoms with Crippen LogP contribution in [0.1, 0.15) is 54.3 Å². The van der Waals surface area contributed by atoms with Gasteiger partial charge in [0, 0.05) is 35.9 Å². The lowest BCUT2D eigenvalue weighted by molar-refractivity contribution is -0.108. The van der Waals surface area contributed by atoms with Gasteiger partial charge in [-0.25, -0.2) is 0 Å². The Bertz CT molecular complexity index is 1480. The molecule has 4 amide bonds. The molecule has 0 bridgehead atoms. The van der Waals surface area contributed by atoms with Gasteiger partial charge in [0.2, 0.25) is 0 Å². The van der Waals surface area contributed by atoms with Crippen LogP contribution in [-0.2, 0) is 0 Å². The van der Waals surface area contributed by atoms with Gasteiger partial charge >= 0.3 is 0 Å². The van der Waals surface area contributed by atoms with Crippen molar-refractivity contribution < 1.29 is 49.8 Å². The Kier molecular flexibility index (Phi) is 10.7.